The first-order chi connectivity index (χ1) is 9.77. The monoisotopic (exact) mass is 324 g/mol. The Bertz CT molecular complexity index is 699. The Hall–Kier alpha value is -1.24. The maximum Gasteiger partial charge on any atom is 0.175 e. The summed E-state index contributed by atoms with van der Waals surface area (Å²) in [7, 11) is -3.13. The highest BCUT2D eigenvalue weighted by atomic mass is 32.2. The van der Waals surface area contributed by atoms with Gasteiger partial charge in [0.2, 0.25) is 0 Å². The summed E-state index contributed by atoms with van der Waals surface area (Å²) < 4.78 is 22.9. The summed E-state index contributed by atoms with van der Waals surface area (Å²) in [5, 5.41) is 4.49. The van der Waals surface area contributed by atoms with Crippen LogP contribution in [0.1, 0.15) is 34.1 Å². The quantitative estimate of drug-likeness (QED) is 0.918. The van der Waals surface area contributed by atoms with Crippen LogP contribution in [0.3, 0.4) is 0 Å². The van der Waals surface area contributed by atoms with Crippen molar-refractivity contribution in [1.29, 1.82) is 0 Å². The van der Waals surface area contributed by atoms with E-state index in [9.17, 15) is 8.42 Å². The average Bonchev–Trinajstić information content (AvgIpc) is 2.74. The fraction of sp³-hybridized carbons (Fsp3) is 0.400. The van der Waals surface area contributed by atoms with Gasteiger partial charge in [0.05, 0.1) is 10.6 Å². The number of nitrogens with one attached hydrogen (secondary N) is 1. The Morgan fingerprint density at radius 3 is 2.33 bits per heavy atom. The summed E-state index contributed by atoms with van der Waals surface area (Å²) >= 11 is 1.70. The van der Waals surface area contributed by atoms with E-state index in [1.807, 2.05) is 19.1 Å². The number of rotatable bonds is 5. The molecule has 0 fully saturated rings. The van der Waals surface area contributed by atoms with Gasteiger partial charge in [0, 0.05) is 23.7 Å². The maximum absolute atomic E-state index is 11.4. The summed E-state index contributed by atoms with van der Waals surface area (Å²) in [6, 6.07) is 7.16. The third-order valence-electron chi connectivity index (χ3n) is 3.44. The molecule has 0 radical (unpaired) electrons. The van der Waals surface area contributed by atoms with Crippen LogP contribution in [-0.2, 0) is 16.4 Å². The van der Waals surface area contributed by atoms with Crippen molar-refractivity contribution in [3.05, 3.63) is 45.4 Å². The summed E-state index contributed by atoms with van der Waals surface area (Å²) in [6.45, 7) is 6.86. The highest BCUT2D eigenvalue weighted by molar-refractivity contribution is 7.90. The summed E-state index contributed by atoms with van der Waals surface area (Å²) in [6.07, 6.45) is 1.22. The molecule has 4 nitrogen and oxygen atoms in total. The van der Waals surface area contributed by atoms with Gasteiger partial charge in [-0.1, -0.05) is 12.1 Å². The maximum atomic E-state index is 11.4. The average molecular weight is 324 g/mol. The molecule has 1 atom stereocenters. The molecule has 0 saturated heterocycles. The van der Waals surface area contributed by atoms with Crippen LogP contribution in [0, 0.1) is 13.8 Å². The Kier molecular flexibility index (Phi) is 4.81. The lowest BCUT2D eigenvalue weighted by Gasteiger charge is -2.13. The van der Waals surface area contributed by atoms with Gasteiger partial charge < -0.3 is 5.32 Å². The fourth-order valence-corrected chi connectivity index (χ4v) is 3.49. The molecule has 0 aliphatic rings. The Balaban J connectivity index is 2.01. The van der Waals surface area contributed by atoms with Gasteiger partial charge in [-0.05, 0) is 38.5 Å². The molecule has 114 valence electrons. The first-order valence-electron chi connectivity index (χ1n) is 6.73. The summed E-state index contributed by atoms with van der Waals surface area (Å²) in [5.41, 5.74) is 2.15. The van der Waals surface area contributed by atoms with E-state index in [1.165, 1.54) is 11.1 Å². The van der Waals surface area contributed by atoms with E-state index < -0.39 is 9.84 Å². The van der Waals surface area contributed by atoms with E-state index >= 15 is 0 Å². The molecule has 6 heteroatoms. The normalized spacial score (nSPS) is 13.3. The standard InChI is InChI=1S/C15H20N2O2S2/c1-10-12(3)20-15(17-10)9-16-11(2)13-5-7-14(8-6-13)21(4,18)19/h5-8,11,16H,9H2,1-4H3/t11-/m0/s1. The first-order valence-corrected chi connectivity index (χ1v) is 9.44. The number of thiazole rings is 1. The molecule has 1 aromatic heterocycles. The Morgan fingerprint density at radius 2 is 1.86 bits per heavy atom. The van der Waals surface area contributed by atoms with Crippen molar-refractivity contribution >= 4 is 21.2 Å². The molecule has 0 aliphatic heterocycles. The molecule has 0 spiro atoms. The SMILES string of the molecule is Cc1nc(CN[C@@H](C)c2ccc(S(C)(=O)=O)cc2)sc1C. The van der Waals surface area contributed by atoms with E-state index in [-0.39, 0.29) is 6.04 Å². The van der Waals surface area contributed by atoms with E-state index in [0.29, 0.717) is 11.4 Å². The van der Waals surface area contributed by atoms with Crippen LogP contribution in [0.25, 0.3) is 0 Å². The van der Waals surface area contributed by atoms with Crippen molar-refractivity contribution in [3.63, 3.8) is 0 Å². The summed E-state index contributed by atoms with van der Waals surface area (Å²) in [4.78, 5) is 6.10. The molecule has 2 rings (SSSR count). The molecular formula is C15H20N2O2S2. The lowest BCUT2D eigenvalue weighted by Crippen LogP contribution is -2.18. The van der Waals surface area contributed by atoms with Crippen LogP contribution in [0.5, 0.6) is 0 Å². The number of hydrogen-bond acceptors (Lipinski definition) is 5. The smallest absolute Gasteiger partial charge is 0.175 e. The van der Waals surface area contributed by atoms with Gasteiger partial charge in [-0.15, -0.1) is 11.3 Å². The zero-order chi connectivity index (χ0) is 15.6. The van der Waals surface area contributed by atoms with Crippen molar-refractivity contribution in [2.24, 2.45) is 0 Å². The molecule has 2 aromatic rings. The molecule has 0 unspecified atom stereocenters. The van der Waals surface area contributed by atoms with Crippen LogP contribution in [0.4, 0.5) is 0 Å². The molecule has 1 N–H and O–H groups in total. The van der Waals surface area contributed by atoms with Gasteiger partial charge >= 0.3 is 0 Å². The van der Waals surface area contributed by atoms with Gasteiger partial charge in [-0.2, -0.15) is 0 Å². The highest BCUT2D eigenvalue weighted by Crippen LogP contribution is 2.19. The van der Waals surface area contributed by atoms with Gasteiger partial charge in [0.1, 0.15) is 5.01 Å². The predicted octanol–water partition coefficient (Wildman–Crippen LogP) is 3.01. The second kappa shape index (κ2) is 6.25. The molecule has 0 bridgehead atoms. The largest absolute Gasteiger partial charge is 0.304 e. The lowest BCUT2D eigenvalue weighted by atomic mass is 10.1. The number of sulfone groups is 1. The minimum Gasteiger partial charge on any atom is -0.304 e. The van der Waals surface area contributed by atoms with Crippen molar-refractivity contribution in [2.75, 3.05) is 6.26 Å². The molecule has 1 heterocycles. The molecule has 0 aliphatic carbocycles. The number of aromatic nitrogens is 1. The molecule has 0 saturated carbocycles. The van der Waals surface area contributed by atoms with Crippen LogP contribution in [-0.4, -0.2) is 19.7 Å². The van der Waals surface area contributed by atoms with Gasteiger partial charge in [0.15, 0.2) is 9.84 Å². The lowest BCUT2D eigenvalue weighted by molar-refractivity contribution is 0.572. The molecular weight excluding hydrogens is 304 g/mol. The van der Waals surface area contributed by atoms with Gasteiger partial charge in [0.25, 0.3) is 0 Å². The number of hydrogen-bond donors (Lipinski definition) is 1. The molecule has 21 heavy (non-hydrogen) atoms. The molecule has 0 amide bonds. The topological polar surface area (TPSA) is 59.1 Å². The van der Waals surface area contributed by atoms with Crippen LogP contribution < -0.4 is 5.32 Å². The van der Waals surface area contributed by atoms with E-state index in [2.05, 4.69) is 24.1 Å². The number of nitrogens with zero attached hydrogens (tertiary/aromatic N) is 1. The van der Waals surface area contributed by atoms with Crippen molar-refractivity contribution in [2.45, 2.75) is 38.3 Å². The van der Waals surface area contributed by atoms with Crippen molar-refractivity contribution in [1.82, 2.24) is 10.3 Å². The van der Waals surface area contributed by atoms with Crippen LogP contribution >= 0.6 is 11.3 Å². The zero-order valence-electron chi connectivity index (χ0n) is 12.7. The van der Waals surface area contributed by atoms with Crippen LogP contribution in [0.2, 0.25) is 0 Å². The second-order valence-corrected chi connectivity index (χ2v) is 8.50. The van der Waals surface area contributed by atoms with E-state index in [0.717, 1.165) is 16.3 Å². The zero-order valence-corrected chi connectivity index (χ0v) is 14.3. The molecule has 1 aromatic carbocycles. The third kappa shape index (κ3) is 4.12. The van der Waals surface area contributed by atoms with Crippen molar-refractivity contribution in [3.8, 4) is 0 Å². The minimum absolute atomic E-state index is 0.142. The Labute approximate surface area is 130 Å². The predicted molar refractivity (Wildman–Crippen MR) is 86.4 cm³/mol. The van der Waals surface area contributed by atoms with E-state index in [4.69, 9.17) is 0 Å². The van der Waals surface area contributed by atoms with Gasteiger partial charge in [-0.25, -0.2) is 13.4 Å². The minimum atomic E-state index is -3.13. The number of aryl methyl sites for hydroxylation is 2. The van der Waals surface area contributed by atoms with Gasteiger partial charge in [-0.3, -0.25) is 0 Å². The third-order valence-corrected chi connectivity index (χ3v) is 5.64. The van der Waals surface area contributed by atoms with Crippen molar-refractivity contribution < 1.29 is 8.42 Å². The first kappa shape index (κ1) is 16.1. The highest BCUT2D eigenvalue weighted by Gasteiger charge is 2.10. The summed E-state index contributed by atoms with van der Waals surface area (Å²) in [5.74, 6) is 0. The number of benzene rings is 1. The van der Waals surface area contributed by atoms with E-state index in [1.54, 1.807) is 23.5 Å². The second-order valence-electron chi connectivity index (χ2n) is 5.19. The van der Waals surface area contributed by atoms with Crippen LogP contribution in [0.15, 0.2) is 29.2 Å². The Morgan fingerprint density at radius 1 is 1.24 bits per heavy atom. The fourth-order valence-electron chi connectivity index (χ4n) is 1.98.